The Labute approximate surface area is 115 Å². The molecule has 0 aliphatic carbocycles. The van der Waals surface area contributed by atoms with Gasteiger partial charge in [-0.25, -0.2) is 4.39 Å². The molecule has 0 aromatic heterocycles. The lowest BCUT2D eigenvalue weighted by Crippen LogP contribution is -2.38. The predicted octanol–water partition coefficient (Wildman–Crippen LogP) is 3.44. The summed E-state index contributed by atoms with van der Waals surface area (Å²) in [6, 6.07) is 6.07. The molecule has 2 nitrogen and oxygen atoms in total. The second-order valence-electron chi connectivity index (χ2n) is 5.54. The van der Waals surface area contributed by atoms with Crippen LogP contribution in [0.5, 0.6) is 0 Å². The van der Waals surface area contributed by atoms with Gasteiger partial charge in [-0.2, -0.15) is 0 Å². The lowest BCUT2D eigenvalue weighted by atomic mass is 9.97. The van der Waals surface area contributed by atoms with Crippen LogP contribution >= 0.6 is 0 Å². The van der Waals surface area contributed by atoms with Crippen LogP contribution in [0.3, 0.4) is 0 Å². The van der Waals surface area contributed by atoms with E-state index in [-0.39, 0.29) is 12.4 Å². The number of benzene rings is 1. The van der Waals surface area contributed by atoms with Gasteiger partial charge in [-0.15, -0.1) is 0 Å². The molecule has 106 valence electrons. The first-order chi connectivity index (χ1) is 9.24. The van der Waals surface area contributed by atoms with E-state index in [1.165, 1.54) is 44.2 Å². The van der Waals surface area contributed by atoms with Crippen LogP contribution < -0.4 is 5.73 Å². The molecule has 1 aliphatic heterocycles. The normalized spacial score (nSPS) is 20.7. The summed E-state index contributed by atoms with van der Waals surface area (Å²) in [5, 5.41) is 0. The van der Waals surface area contributed by atoms with Gasteiger partial charge >= 0.3 is 0 Å². The van der Waals surface area contributed by atoms with Crippen LogP contribution in [0.1, 0.15) is 50.2 Å². The smallest absolute Gasteiger partial charge is 0.127 e. The monoisotopic (exact) mass is 264 g/mol. The first-order valence-electron chi connectivity index (χ1n) is 7.46. The number of likely N-dealkylation sites (tertiary alicyclic amines) is 1. The van der Waals surface area contributed by atoms with Gasteiger partial charge in [0.25, 0.3) is 0 Å². The van der Waals surface area contributed by atoms with E-state index in [2.05, 4.69) is 11.8 Å². The second kappa shape index (κ2) is 7.01. The van der Waals surface area contributed by atoms with Crippen molar-refractivity contribution in [3.8, 4) is 0 Å². The molecule has 1 aromatic carbocycles. The summed E-state index contributed by atoms with van der Waals surface area (Å²) in [6.45, 7) is 4.62. The summed E-state index contributed by atoms with van der Waals surface area (Å²) in [5.41, 5.74) is 7.39. The summed E-state index contributed by atoms with van der Waals surface area (Å²) in [5.74, 6) is -0.185. The van der Waals surface area contributed by atoms with E-state index in [1.807, 2.05) is 12.1 Å². The highest BCUT2D eigenvalue weighted by Crippen LogP contribution is 2.23. The van der Waals surface area contributed by atoms with Crippen LogP contribution in [-0.2, 0) is 13.1 Å². The van der Waals surface area contributed by atoms with E-state index in [0.29, 0.717) is 11.6 Å². The van der Waals surface area contributed by atoms with Gasteiger partial charge in [0.2, 0.25) is 0 Å². The first kappa shape index (κ1) is 14.5. The third kappa shape index (κ3) is 3.77. The van der Waals surface area contributed by atoms with E-state index >= 15 is 0 Å². The molecule has 1 aliphatic rings. The number of rotatable bonds is 5. The highest BCUT2D eigenvalue weighted by atomic mass is 19.1. The molecule has 19 heavy (non-hydrogen) atoms. The molecule has 0 bridgehead atoms. The highest BCUT2D eigenvalue weighted by molar-refractivity contribution is 5.25. The van der Waals surface area contributed by atoms with Crippen LogP contribution in [0.4, 0.5) is 4.39 Å². The molecule has 0 saturated carbocycles. The van der Waals surface area contributed by atoms with Crippen LogP contribution in [0.2, 0.25) is 0 Å². The molecule has 0 amide bonds. The molecule has 0 radical (unpaired) electrons. The van der Waals surface area contributed by atoms with Crippen LogP contribution in [0.15, 0.2) is 18.2 Å². The summed E-state index contributed by atoms with van der Waals surface area (Å²) < 4.78 is 13.5. The molecular weight excluding hydrogens is 239 g/mol. The summed E-state index contributed by atoms with van der Waals surface area (Å²) in [4.78, 5) is 2.56. The zero-order valence-electron chi connectivity index (χ0n) is 11.9. The highest BCUT2D eigenvalue weighted by Gasteiger charge is 2.21. The van der Waals surface area contributed by atoms with Crippen LogP contribution in [0, 0.1) is 5.82 Å². The van der Waals surface area contributed by atoms with E-state index in [4.69, 9.17) is 5.73 Å². The fourth-order valence-electron chi connectivity index (χ4n) is 3.05. The van der Waals surface area contributed by atoms with Crippen molar-refractivity contribution in [1.82, 2.24) is 4.90 Å². The Morgan fingerprint density at radius 3 is 2.95 bits per heavy atom. The lowest BCUT2D eigenvalue weighted by Gasteiger charge is -2.35. The molecule has 1 unspecified atom stereocenters. The lowest BCUT2D eigenvalue weighted by molar-refractivity contribution is 0.131. The van der Waals surface area contributed by atoms with E-state index in [1.54, 1.807) is 6.07 Å². The van der Waals surface area contributed by atoms with Gasteiger partial charge in [0, 0.05) is 24.7 Å². The van der Waals surface area contributed by atoms with Gasteiger partial charge in [-0.05, 0) is 37.4 Å². The van der Waals surface area contributed by atoms with Crippen molar-refractivity contribution < 1.29 is 4.39 Å². The summed E-state index contributed by atoms with van der Waals surface area (Å²) in [7, 11) is 0. The minimum absolute atomic E-state index is 0.185. The first-order valence-corrected chi connectivity index (χ1v) is 7.46. The van der Waals surface area contributed by atoms with Crippen molar-refractivity contribution in [2.75, 3.05) is 6.54 Å². The summed E-state index contributed by atoms with van der Waals surface area (Å²) >= 11 is 0. The molecule has 0 spiro atoms. The summed E-state index contributed by atoms with van der Waals surface area (Å²) in [6.07, 6.45) is 6.44. The predicted molar refractivity (Wildman–Crippen MR) is 77.2 cm³/mol. The van der Waals surface area contributed by atoms with Crippen molar-refractivity contribution >= 4 is 0 Å². The molecule has 1 fully saturated rings. The zero-order valence-corrected chi connectivity index (χ0v) is 11.9. The number of piperidine rings is 1. The van der Waals surface area contributed by atoms with Gasteiger partial charge in [0.15, 0.2) is 0 Å². The number of hydrogen-bond donors (Lipinski definition) is 1. The van der Waals surface area contributed by atoms with Gasteiger partial charge in [0.1, 0.15) is 5.82 Å². The molecular formula is C16H25FN2. The Morgan fingerprint density at radius 2 is 2.21 bits per heavy atom. The van der Waals surface area contributed by atoms with E-state index < -0.39 is 0 Å². The average molecular weight is 264 g/mol. The van der Waals surface area contributed by atoms with Crippen molar-refractivity contribution in [1.29, 1.82) is 0 Å². The molecule has 1 aromatic rings. The van der Waals surface area contributed by atoms with Crippen molar-refractivity contribution in [3.05, 3.63) is 35.1 Å². The maximum atomic E-state index is 13.5. The Balaban J connectivity index is 2.06. The molecule has 3 heteroatoms. The third-order valence-corrected chi connectivity index (χ3v) is 4.09. The molecule has 1 saturated heterocycles. The van der Waals surface area contributed by atoms with Crippen molar-refractivity contribution in [3.63, 3.8) is 0 Å². The largest absolute Gasteiger partial charge is 0.326 e. The van der Waals surface area contributed by atoms with Crippen molar-refractivity contribution in [2.45, 2.75) is 58.2 Å². The SMILES string of the molecule is CCCC1CCCCN1Cc1ccc(F)c(CN)c1. The van der Waals surface area contributed by atoms with E-state index in [0.717, 1.165) is 6.54 Å². The molecule has 1 atom stereocenters. The standard InChI is InChI=1S/C16H25FN2/c1-2-5-15-6-3-4-9-19(15)12-13-7-8-16(17)14(10-13)11-18/h7-8,10,15H,2-6,9,11-12,18H2,1H3. The van der Waals surface area contributed by atoms with Crippen molar-refractivity contribution in [2.24, 2.45) is 5.73 Å². The topological polar surface area (TPSA) is 29.3 Å². The number of nitrogens with zero attached hydrogens (tertiary/aromatic N) is 1. The van der Waals surface area contributed by atoms with Gasteiger partial charge in [-0.1, -0.05) is 31.9 Å². The van der Waals surface area contributed by atoms with E-state index in [9.17, 15) is 4.39 Å². The van der Waals surface area contributed by atoms with Crippen LogP contribution in [0.25, 0.3) is 0 Å². The fourth-order valence-corrected chi connectivity index (χ4v) is 3.05. The number of hydrogen-bond acceptors (Lipinski definition) is 2. The fraction of sp³-hybridized carbons (Fsp3) is 0.625. The van der Waals surface area contributed by atoms with Gasteiger partial charge in [-0.3, -0.25) is 4.90 Å². The Morgan fingerprint density at radius 1 is 1.37 bits per heavy atom. The van der Waals surface area contributed by atoms with Crippen LogP contribution in [-0.4, -0.2) is 17.5 Å². The average Bonchev–Trinajstić information content (AvgIpc) is 2.43. The Bertz CT molecular complexity index is 404. The van der Waals surface area contributed by atoms with Gasteiger partial charge < -0.3 is 5.73 Å². The number of halogens is 1. The minimum atomic E-state index is -0.185. The maximum Gasteiger partial charge on any atom is 0.127 e. The Hall–Kier alpha value is -0.930. The Kier molecular flexibility index (Phi) is 5.34. The maximum absolute atomic E-state index is 13.5. The molecule has 1 heterocycles. The van der Waals surface area contributed by atoms with Gasteiger partial charge in [0.05, 0.1) is 0 Å². The minimum Gasteiger partial charge on any atom is -0.326 e. The molecule has 2 N–H and O–H groups in total. The quantitative estimate of drug-likeness (QED) is 0.882. The molecule has 2 rings (SSSR count). The number of nitrogens with two attached hydrogens (primary N) is 1. The second-order valence-corrected chi connectivity index (χ2v) is 5.54. The third-order valence-electron chi connectivity index (χ3n) is 4.09. The zero-order chi connectivity index (χ0) is 13.7.